The molecule has 1 N–H and O–H groups in total. The van der Waals surface area contributed by atoms with E-state index in [0.29, 0.717) is 18.1 Å². The molecule has 0 aliphatic rings. The van der Waals surface area contributed by atoms with E-state index in [1.807, 2.05) is 6.07 Å². The maximum atomic E-state index is 8.53. The molecule has 0 saturated carbocycles. The number of oxime groups is 1. The molecule has 0 radical (unpaired) electrons. The van der Waals surface area contributed by atoms with E-state index in [2.05, 4.69) is 28.0 Å². The Balaban J connectivity index is 2.93. The van der Waals surface area contributed by atoms with Gasteiger partial charge in [-0.3, -0.25) is 0 Å². The van der Waals surface area contributed by atoms with Crippen LogP contribution in [0.25, 0.3) is 0 Å². The van der Waals surface area contributed by atoms with E-state index in [1.54, 1.807) is 13.2 Å². The van der Waals surface area contributed by atoms with Crippen LogP contribution in [0.15, 0.2) is 21.8 Å². The van der Waals surface area contributed by atoms with Gasteiger partial charge in [-0.1, -0.05) is 18.5 Å². The van der Waals surface area contributed by atoms with Gasteiger partial charge in [0.1, 0.15) is 0 Å². The zero-order chi connectivity index (χ0) is 12.7. The first-order valence-corrected chi connectivity index (χ1v) is 6.20. The summed E-state index contributed by atoms with van der Waals surface area (Å²) in [4.78, 5) is 0. The van der Waals surface area contributed by atoms with Crippen LogP contribution in [0.2, 0.25) is 0 Å². The number of benzene rings is 1. The molecule has 0 aromatic heterocycles. The van der Waals surface area contributed by atoms with Crippen molar-refractivity contribution >= 4 is 22.1 Å². The predicted molar refractivity (Wildman–Crippen MR) is 70.5 cm³/mol. The van der Waals surface area contributed by atoms with Gasteiger partial charge in [-0.15, -0.1) is 0 Å². The SMILES string of the molecule is CCCCOc1cc(Br)c(C=NO)cc1OC. The van der Waals surface area contributed by atoms with Crippen LogP contribution in [0.1, 0.15) is 25.3 Å². The van der Waals surface area contributed by atoms with Crippen molar-refractivity contribution in [2.75, 3.05) is 13.7 Å². The Kier molecular flexibility index (Phi) is 5.83. The predicted octanol–water partition coefficient (Wildman–Crippen LogP) is 3.44. The minimum Gasteiger partial charge on any atom is -0.493 e. The van der Waals surface area contributed by atoms with Gasteiger partial charge in [0.15, 0.2) is 11.5 Å². The van der Waals surface area contributed by atoms with Gasteiger partial charge in [-0.25, -0.2) is 0 Å². The van der Waals surface area contributed by atoms with Crippen molar-refractivity contribution in [3.05, 3.63) is 22.2 Å². The Morgan fingerprint density at radius 1 is 1.41 bits per heavy atom. The van der Waals surface area contributed by atoms with Crippen molar-refractivity contribution in [1.82, 2.24) is 0 Å². The van der Waals surface area contributed by atoms with E-state index in [0.717, 1.165) is 22.9 Å². The Bertz CT molecular complexity index is 394. The van der Waals surface area contributed by atoms with Crippen molar-refractivity contribution in [1.29, 1.82) is 0 Å². The lowest BCUT2D eigenvalue weighted by atomic mass is 10.2. The molecule has 94 valence electrons. The highest BCUT2D eigenvalue weighted by Crippen LogP contribution is 2.33. The van der Waals surface area contributed by atoms with E-state index < -0.39 is 0 Å². The van der Waals surface area contributed by atoms with Crippen LogP contribution in [0, 0.1) is 0 Å². The number of rotatable bonds is 6. The Labute approximate surface area is 109 Å². The van der Waals surface area contributed by atoms with E-state index in [1.165, 1.54) is 6.21 Å². The Hall–Kier alpha value is -1.23. The molecule has 0 aliphatic carbocycles. The first-order chi connectivity index (χ1) is 8.22. The van der Waals surface area contributed by atoms with Crippen LogP contribution in [-0.4, -0.2) is 25.1 Å². The summed E-state index contributed by atoms with van der Waals surface area (Å²) in [7, 11) is 1.58. The Morgan fingerprint density at radius 3 is 2.76 bits per heavy atom. The average Bonchev–Trinajstić information content (AvgIpc) is 2.33. The van der Waals surface area contributed by atoms with Gasteiger partial charge in [-0.2, -0.15) is 0 Å². The van der Waals surface area contributed by atoms with Crippen molar-refractivity contribution < 1.29 is 14.7 Å². The summed E-state index contributed by atoms with van der Waals surface area (Å²) in [6.45, 7) is 2.77. The lowest BCUT2D eigenvalue weighted by Gasteiger charge is -2.12. The zero-order valence-corrected chi connectivity index (χ0v) is 11.5. The standard InChI is InChI=1S/C12H16BrNO3/c1-3-4-5-17-12-7-10(13)9(8-14-15)6-11(12)16-2/h6-8,15H,3-5H2,1-2H3. The van der Waals surface area contributed by atoms with Crippen LogP contribution in [0.4, 0.5) is 0 Å². The molecular formula is C12H16BrNO3. The van der Waals surface area contributed by atoms with E-state index in [9.17, 15) is 0 Å². The molecule has 0 fully saturated rings. The molecular weight excluding hydrogens is 286 g/mol. The van der Waals surface area contributed by atoms with Gasteiger partial charge in [0, 0.05) is 10.0 Å². The average molecular weight is 302 g/mol. The van der Waals surface area contributed by atoms with E-state index in [4.69, 9.17) is 14.7 Å². The van der Waals surface area contributed by atoms with Gasteiger partial charge in [0.2, 0.25) is 0 Å². The third kappa shape index (κ3) is 3.93. The summed E-state index contributed by atoms with van der Waals surface area (Å²) < 4.78 is 11.6. The maximum Gasteiger partial charge on any atom is 0.162 e. The Morgan fingerprint density at radius 2 is 2.18 bits per heavy atom. The molecule has 0 heterocycles. The number of hydrogen-bond donors (Lipinski definition) is 1. The molecule has 0 saturated heterocycles. The molecule has 0 unspecified atom stereocenters. The van der Waals surface area contributed by atoms with Crippen molar-refractivity contribution in [3.63, 3.8) is 0 Å². The van der Waals surface area contributed by atoms with Gasteiger partial charge in [-0.05, 0) is 34.5 Å². The summed E-state index contributed by atoms with van der Waals surface area (Å²) in [5, 5.41) is 11.5. The summed E-state index contributed by atoms with van der Waals surface area (Å²) >= 11 is 3.38. The zero-order valence-electron chi connectivity index (χ0n) is 9.94. The fraction of sp³-hybridized carbons (Fsp3) is 0.417. The topological polar surface area (TPSA) is 51.0 Å². The molecule has 5 heteroatoms. The minimum absolute atomic E-state index is 0.624. The number of hydrogen-bond acceptors (Lipinski definition) is 4. The number of nitrogens with zero attached hydrogens (tertiary/aromatic N) is 1. The number of ether oxygens (including phenoxy) is 2. The van der Waals surface area contributed by atoms with Gasteiger partial charge in [0.05, 0.1) is 19.9 Å². The number of unbranched alkanes of at least 4 members (excludes halogenated alkanes) is 1. The second kappa shape index (κ2) is 7.17. The van der Waals surface area contributed by atoms with E-state index in [-0.39, 0.29) is 0 Å². The highest BCUT2D eigenvalue weighted by molar-refractivity contribution is 9.10. The van der Waals surface area contributed by atoms with E-state index >= 15 is 0 Å². The monoisotopic (exact) mass is 301 g/mol. The summed E-state index contributed by atoms with van der Waals surface area (Å²) in [5.74, 6) is 1.31. The highest BCUT2D eigenvalue weighted by Gasteiger charge is 2.09. The van der Waals surface area contributed by atoms with Crippen LogP contribution in [0.5, 0.6) is 11.5 Å². The molecule has 0 spiro atoms. The van der Waals surface area contributed by atoms with Gasteiger partial charge < -0.3 is 14.7 Å². The van der Waals surface area contributed by atoms with Gasteiger partial charge in [0.25, 0.3) is 0 Å². The summed E-state index contributed by atoms with van der Waals surface area (Å²) in [5.41, 5.74) is 0.729. The molecule has 1 rings (SSSR count). The minimum atomic E-state index is 0.624. The quantitative estimate of drug-likeness (QED) is 0.379. The number of halogens is 1. The number of methoxy groups -OCH3 is 1. The van der Waals surface area contributed by atoms with Crippen LogP contribution >= 0.6 is 15.9 Å². The fourth-order valence-electron chi connectivity index (χ4n) is 1.31. The van der Waals surface area contributed by atoms with Crippen molar-refractivity contribution in [2.45, 2.75) is 19.8 Å². The molecule has 0 amide bonds. The molecule has 1 aromatic rings. The summed E-state index contributed by atoms with van der Waals surface area (Å²) in [6, 6.07) is 3.57. The lowest BCUT2D eigenvalue weighted by molar-refractivity contribution is 0.288. The first-order valence-electron chi connectivity index (χ1n) is 5.40. The molecule has 1 aromatic carbocycles. The van der Waals surface area contributed by atoms with Crippen LogP contribution in [0.3, 0.4) is 0 Å². The molecule has 0 atom stereocenters. The first kappa shape index (κ1) is 13.8. The maximum absolute atomic E-state index is 8.53. The van der Waals surface area contributed by atoms with Gasteiger partial charge >= 0.3 is 0 Å². The normalized spacial score (nSPS) is 10.8. The fourth-order valence-corrected chi connectivity index (χ4v) is 1.74. The van der Waals surface area contributed by atoms with Crippen LogP contribution < -0.4 is 9.47 Å². The second-order valence-electron chi connectivity index (χ2n) is 3.47. The summed E-state index contributed by atoms with van der Waals surface area (Å²) in [6.07, 6.45) is 3.42. The largest absolute Gasteiger partial charge is 0.493 e. The van der Waals surface area contributed by atoms with Crippen molar-refractivity contribution in [3.8, 4) is 11.5 Å². The van der Waals surface area contributed by atoms with Crippen LogP contribution in [-0.2, 0) is 0 Å². The second-order valence-corrected chi connectivity index (χ2v) is 4.33. The third-order valence-electron chi connectivity index (χ3n) is 2.24. The molecule has 4 nitrogen and oxygen atoms in total. The molecule has 0 aliphatic heterocycles. The van der Waals surface area contributed by atoms with Crippen molar-refractivity contribution in [2.24, 2.45) is 5.16 Å². The smallest absolute Gasteiger partial charge is 0.162 e. The third-order valence-corrected chi connectivity index (χ3v) is 2.92. The highest BCUT2D eigenvalue weighted by atomic mass is 79.9. The molecule has 0 bridgehead atoms. The molecule has 17 heavy (non-hydrogen) atoms. The lowest BCUT2D eigenvalue weighted by Crippen LogP contribution is -2.00.